The molecule has 0 atom stereocenters. The van der Waals surface area contributed by atoms with E-state index in [9.17, 15) is 0 Å². The van der Waals surface area contributed by atoms with Crippen LogP contribution in [0.2, 0.25) is 0 Å². The number of allylic oxidation sites excluding steroid dienone is 4. The standard InChI is InChI=1S/C20H20O2.C3H8/c1-3-17(5-4-14-21)15-18-8-12-20(13-9-18)22-19-10-6-16(2)7-11-19;1-3-2/h3-14,21H,1,15H2,2H3;3H2,1-2H3/b14-4-,17-5+;. The second-order valence-electron chi connectivity index (χ2n) is 5.73. The molecule has 0 heterocycles. The molecule has 132 valence electrons. The molecule has 0 fully saturated rings. The molecular weight excluding hydrogens is 308 g/mol. The molecular formula is C23H28O2. The largest absolute Gasteiger partial charge is 0.516 e. The molecule has 0 unspecified atom stereocenters. The van der Waals surface area contributed by atoms with Crippen molar-refractivity contribution in [3.8, 4) is 11.5 Å². The zero-order chi connectivity index (χ0) is 18.5. The molecule has 2 nitrogen and oxygen atoms in total. The Bertz CT molecular complexity index is 677. The Morgan fingerprint density at radius 2 is 1.52 bits per heavy atom. The second kappa shape index (κ2) is 11.7. The van der Waals surface area contributed by atoms with Gasteiger partial charge in [0.05, 0.1) is 6.26 Å². The Labute approximate surface area is 151 Å². The molecule has 0 saturated heterocycles. The topological polar surface area (TPSA) is 29.5 Å². The number of hydrogen-bond donors (Lipinski definition) is 1. The summed E-state index contributed by atoms with van der Waals surface area (Å²) in [5, 5.41) is 8.69. The lowest BCUT2D eigenvalue weighted by molar-refractivity contribution is 0.473. The summed E-state index contributed by atoms with van der Waals surface area (Å²) in [7, 11) is 0. The van der Waals surface area contributed by atoms with E-state index in [2.05, 4.69) is 27.4 Å². The van der Waals surface area contributed by atoms with Gasteiger partial charge >= 0.3 is 0 Å². The van der Waals surface area contributed by atoms with E-state index in [4.69, 9.17) is 9.84 Å². The number of ether oxygens (including phenoxy) is 1. The van der Waals surface area contributed by atoms with Crippen LogP contribution in [0.1, 0.15) is 31.4 Å². The highest BCUT2D eigenvalue weighted by Crippen LogP contribution is 2.22. The molecule has 0 aliphatic carbocycles. The van der Waals surface area contributed by atoms with Gasteiger partial charge in [-0.3, -0.25) is 0 Å². The summed E-state index contributed by atoms with van der Waals surface area (Å²) in [6.07, 6.45) is 8.24. The van der Waals surface area contributed by atoms with Gasteiger partial charge < -0.3 is 9.84 Å². The molecule has 0 saturated carbocycles. The van der Waals surface area contributed by atoms with Gasteiger partial charge in [-0.2, -0.15) is 0 Å². The number of rotatable bonds is 6. The predicted octanol–water partition coefficient (Wildman–Crippen LogP) is 6.93. The highest BCUT2D eigenvalue weighted by molar-refractivity contribution is 5.36. The molecule has 2 aromatic rings. The summed E-state index contributed by atoms with van der Waals surface area (Å²) in [6, 6.07) is 16.0. The fourth-order valence-electron chi connectivity index (χ4n) is 2.02. The number of aryl methyl sites for hydroxylation is 1. The maximum atomic E-state index is 8.69. The third-order valence-electron chi connectivity index (χ3n) is 3.25. The lowest BCUT2D eigenvalue weighted by Crippen LogP contribution is -1.89. The van der Waals surface area contributed by atoms with E-state index < -0.39 is 0 Å². The number of aliphatic hydroxyl groups is 1. The van der Waals surface area contributed by atoms with Gasteiger partial charge in [0.2, 0.25) is 0 Å². The second-order valence-corrected chi connectivity index (χ2v) is 5.73. The molecule has 2 heteroatoms. The molecule has 0 spiro atoms. The van der Waals surface area contributed by atoms with Crippen LogP contribution >= 0.6 is 0 Å². The van der Waals surface area contributed by atoms with Crippen LogP contribution in [-0.4, -0.2) is 5.11 Å². The van der Waals surface area contributed by atoms with Crippen molar-refractivity contribution in [1.82, 2.24) is 0 Å². The minimum absolute atomic E-state index is 0.763. The van der Waals surface area contributed by atoms with Gasteiger partial charge in [0.25, 0.3) is 0 Å². The quantitative estimate of drug-likeness (QED) is 0.458. The van der Waals surface area contributed by atoms with E-state index in [1.165, 1.54) is 12.0 Å². The van der Waals surface area contributed by atoms with Crippen molar-refractivity contribution in [2.45, 2.75) is 33.6 Å². The molecule has 0 aliphatic heterocycles. The van der Waals surface area contributed by atoms with E-state index in [1.807, 2.05) is 54.6 Å². The van der Waals surface area contributed by atoms with E-state index >= 15 is 0 Å². The van der Waals surface area contributed by atoms with Gasteiger partial charge in [-0.25, -0.2) is 0 Å². The first-order valence-corrected chi connectivity index (χ1v) is 8.58. The Morgan fingerprint density at radius 3 is 2.00 bits per heavy atom. The summed E-state index contributed by atoms with van der Waals surface area (Å²) >= 11 is 0. The molecule has 0 aromatic heterocycles. The van der Waals surface area contributed by atoms with Crippen LogP contribution in [0.3, 0.4) is 0 Å². The molecule has 0 aliphatic rings. The zero-order valence-corrected chi connectivity index (χ0v) is 15.4. The van der Waals surface area contributed by atoms with E-state index in [0.29, 0.717) is 0 Å². The zero-order valence-electron chi connectivity index (χ0n) is 15.4. The Kier molecular flexibility index (Phi) is 9.54. The average Bonchev–Trinajstić information content (AvgIpc) is 2.62. The average molecular weight is 336 g/mol. The molecule has 0 bridgehead atoms. The third kappa shape index (κ3) is 8.07. The molecule has 25 heavy (non-hydrogen) atoms. The first-order valence-electron chi connectivity index (χ1n) is 8.58. The molecule has 2 rings (SSSR count). The van der Waals surface area contributed by atoms with Gasteiger partial charge in [0.15, 0.2) is 0 Å². The van der Waals surface area contributed by atoms with Crippen molar-refractivity contribution in [2.24, 2.45) is 0 Å². The Hall–Kier alpha value is -2.74. The van der Waals surface area contributed by atoms with Crippen LogP contribution in [0.5, 0.6) is 11.5 Å². The van der Waals surface area contributed by atoms with Gasteiger partial charge in [-0.1, -0.05) is 68.8 Å². The smallest absolute Gasteiger partial charge is 0.127 e. The fourth-order valence-corrected chi connectivity index (χ4v) is 2.02. The van der Waals surface area contributed by atoms with Crippen LogP contribution < -0.4 is 4.74 Å². The summed E-state index contributed by atoms with van der Waals surface area (Å²) in [5.41, 5.74) is 3.41. The summed E-state index contributed by atoms with van der Waals surface area (Å²) in [6.45, 7) is 10.1. The highest BCUT2D eigenvalue weighted by atomic mass is 16.5. The molecule has 2 aromatic carbocycles. The third-order valence-corrected chi connectivity index (χ3v) is 3.25. The van der Waals surface area contributed by atoms with Gasteiger partial charge in [0, 0.05) is 0 Å². The first kappa shape index (κ1) is 20.3. The van der Waals surface area contributed by atoms with Crippen LogP contribution in [0.4, 0.5) is 0 Å². The lowest BCUT2D eigenvalue weighted by atomic mass is 10.0. The van der Waals surface area contributed by atoms with E-state index in [1.54, 1.807) is 12.2 Å². The minimum atomic E-state index is 0.763. The van der Waals surface area contributed by atoms with Crippen LogP contribution in [-0.2, 0) is 6.42 Å². The normalized spacial score (nSPS) is 10.9. The van der Waals surface area contributed by atoms with Crippen molar-refractivity contribution in [3.05, 3.63) is 96.3 Å². The summed E-state index contributed by atoms with van der Waals surface area (Å²) in [5.74, 6) is 1.64. The fraction of sp³-hybridized carbons (Fsp3) is 0.217. The van der Waals surface area contributed by atoms with Crippen molar-refractivity contribution in [3.63, 3.8) is 0 Å². The Balaban J connectivity index is 0.000000970. The SMILES string of the molecule is C=C/C(=C\C=C/O)Cc1ccc(Oc2ccc(C)cc2)cc1.CCC. The number of benzene rings is 2. The summed E-state index contributed by atoms with van der Waals surface area (Å²) < 4.78 is 5.81. The minimum Gasteiger partial charge on any atom is -0.516 e. The number of hydrogen-bond acceptors (Lipinski definition) is 2. The highest BCUT2D eigenvalue weighted by Gasteiger charge is 1.99. The van der Waals surface area contributed by atoms with Crippen molar-refractivity contribution in [1.29, 1.82) is 0 Å². The van der Waals surface area contributed by atoms with Crippen LogP contribution in [0, 0.1) is 6.92 Å². The van der Waals surface area contributed by atoms with E-state index in [0.717, 1.165) is 35.3 Å². The van der Waals surface area contributed by atoms with Gasteiger partial charge in [0.1, 0.15) is 11.5 Å². The first-order chi connectivity index (χ1) is 12.1. The van der Waals surface area contributed by atoms with Crippen LogP contribution in [0.15, 0.2) is 85.2 Å². The van der Waals surface area contributed by atoms with Crippen molar-refractivity contribution < 1.29 is 9.84 Å². The van der Waals surface area contributed by atoms with Gasteiger partial charge in [-0.15, -0.1) is 0 Å². The summed E-state index contributed by atoms with van der Waals surface area (Å²) in [4.78, 5) is 0. The number of aliphatic hydroxyl groups excluding tert-OH is 1. The van der Waals surface area contributed by atoms with Crippen molar-refractivity contribution in [2.75, 3.05) is 0 Å². The maximum Gasteiger partial charge on any atom is 0.127 e. The van der Waals surface area contributed by atoms with Crippen LogP contribution in [0.25, 0.3) is 0 Å². The monoisotopic (exact) mass is 336 g/mol. The molecule has 0 amide bonds. The van der Waals surface area contributed by atoms with E-state index in [-0.39, 0.29) is 0 Å². The van der Waals surface area contributed by atoms with Gasteiger partial charge in [-0.05, 0) is 54.8 Å². The lowest BCUT2D eigenvalue weighted by Gasteiger charge is -2.07. The molecule has 0 radical (unpaired) electrons. The Morgan fingerprint density at radius 1 is 1.00 bits per heavy atom. The van der Waals surface area contributed by atoms with Crippen molar-refractivity contribution >= 4 is 0 Å². The molecule has 1 N–H and O–H groups in total. The maximum absolute atomic E-state index is 8.69. The predicted molar refractivity (Wildman–Crippen MR) is 107 cm³/mol.